The van der Waals surface area contributed by atoms with Gasteiger partial charge in [0.05, 0.1) is 19.1 Å². The Bertz CT molecular complexity index is 251. The van der Waals surface area contributed by atoms with Gasteiger partial charge >= 0.3 is 0 Å². The van der Waals surface area contributed by atoms with Crippen molar-refractivity contribution in [2.75, 3.05) is 26.7 Å². The summed E-state index contributed by atoms with van der Waals surface area (Å²) in [4.78, 5) is 14.1. The molecule has 0 radical (unpaired) electrons. The molecule has 1 unspecified atom stereocenters. The van der Waals surface area contributed by atoms with E-state index in [1.807, 2.05) is 11.9 Å². The van der Waals surface area contributed by atoms with Crippen LogP contribution in [0.4, 0.5) is 0 Å². The van der Waals surface area contributed by atoms with E-state index in [1.54, 1.807) is 0 Å². The lowest BCUT2D eigenvalue weighted by atomic mass is 9.94. The van der Waals surface area contributed by atoms with Crippen molar-refractivity contribution in [1.29, 1.82) is 0 Å². The van der Waals surface area contributed by atoms with Crippen LogP contribution in [0, 0.1) is 0 Å². The summed E-state index contributed by atoms with van der Waals surface area (Å²) >= 11 is 0. The summed E-state index contributed by atoms with van der Waals surface area (Å²) < 4.78 is 5.58. The number of nitrogens with one attached hydrogen (secondary N) is 1. The summed E-state index contributed by atoms with van der Waals surface area (Å²) in [5.41, 5.74) is 0. The molecule has 0 aromatic rings. The van der Waals surface area contributed by atoms with E-state index in [0.717, 1.165) is 19.7 Å². The van der Waals surface area contributed by atoms with Crippen molar-refractivity contribution >= 4 is 18.3 Å². The number of nitrogens with zero attached hydrogens (tertiary/aromatic N) is 1. The van der Waals surface area contributed by atoms with E-state index in [4.69, 9.17) is 4.74 Å². The molecule has 0 aromatic heterocycles. The Morgan fingerprint density at radius 3 is 2.67 bits per heavy atom. The number of hydrogen-bond donors (Lipinski definition) is 1. The number of hydrogen-bond acceptors (Lipinski definition) is 3. The highest BCUT2D eigenvalue weighted by Crippen LogP contribution is 2.22. The molecule has 5 heteroatoms. The number of amides is 1. The molecule has 1 atom stereocenters. The molecule has 1 saturated carbocycles. The number of halogens is 1. The molecule has 1 N–H and O–H groups in total. The fourth-order valence-corrected chi connectivity index (χ4v) is 2.76. The van der Waals surface area contributed by atoms with Crippen molar-refractivity contribution in [3.05, 3.63) is 0 Å². The second-order valence-electron chi connectivity index (χ2n) is 5.20. The number of morpholine rings is 1. The number of rotatable bonds is 3. The van der Waals surface area contributed by atoms with Crippen LogP contribution in [0.2, 0.25) is 0 Å². The zero-order valence-electron chi connectivity index (χ0n) is 11.2. The van der Waals surface area contributed by atoms with Crippen LogP contribution in [0.25, 0.3) is 0 Å². The van der Waals surface area contributed by atoms with Gasteiger partial charge in [0.25, 0.3) is 0 Å². The molecule has 0 bridgehead atoms. The molecule has 1 aliphatic heterocycles. The first-order chi connectivity index (χ1) is 8.27. The van der Waals surface area contributed by atoms with Gasteiger partial charge in [-0.3, -0.25) is 4.79 Å². The van der Waals surface area contributed by atoms with E-state index in [1.165, 1.54) is 32.1 Å². The standard InChI is InChI=1S/C13H24N2O2.ClH/c1-15(11-5-3-2-4-6-11)13(16)9-12-10-14-7-8-17-12;/h11-12,14H,2-10H2,1H3;1H. The highest BCUT2D eigenvalue weighted by atomic mass is 35.5. The maximum absolute atomic E-state index is 12.1. The molecule has 1 amide bonds. The van der Waals surface area contributed by atoms with Crippen LogP contribution in [0.1, 0.15) is 38.5 Å². The number of carbonyl (C=O) groups is 1. The summed E-state index contributed by atoms with van der Waals surface area (Å²) in [6.45, 7) is 2.44. The summed E-state index contributed by atoms with van der Waals surface area (Å²) in [5.74, 6) is 0.241. The first-order valence-corrected chi connectivity index (χ1v) is 6.85. The molecule has 1 aliphatic carbocycles. The predicted octanol–water partition coefficient (Wildman–Crippen LogP) is 1.58. The van der Waals surface area contributed by atoms with Crippen molar-refractivity contribution in [1.82, 2.24) is 10.2 Å². The lowest BCUT2D eigenvalue weighted by Crippen LogP contribution is -2.44. The van der Waals surface area contributed by atoms with Crippen LogP contribution in [0.15, 0.2) is 0 Å². The molecule has 1 heterocycles. The third kappa shape index (κ3) is 4.41. The minimum absolute atomic E-state index is 0. The Morgan fingerprint density at radius 1 is 1.33 bits per heavy atom. The van der Waals surface area contributed by atoms with Crippen molar-refractivity contribution in [2.24, 2.45) is 0 Å². The van der Waals surface area contributed by atoms with Gasteiger partial charge in [0.15, 0.2) is 0 Å². The highest BCUT2D eigenvalue weighted by Gasteiger charge is 2.25. The van der Waals surface area contributed by atoms with Crippen LogP contribution in [0.3, 0.4) is 0 Å². The minimum Gasteiger partial charge on any atom is -0.375 e. The molecule has 2 rings (SSSR count). The Labute approximate surface area is 116 Å². The molecule has 0 aromatic carbocycles. The molecule has 18 heavy (non-hydrogen) atoms. The maximum Gasteiger partial charge on any atom is 0.225 e. The minimum atomic E-state index is 0. The number of carbonyl (C=O) groups excluding carboxylic acids is 1. The van der Waals surface area contributed by atoms with Gasteiger partial charge in [-0.15, -0.1) is 12.4 Å². The number of ether oxygens (including phenoxy) is 1. The fourth-order valence-electron chi connectivity index (χ4n) is 2.76. The second-order valence-corrected chi connectivity index (χ2v) is 5.20. The molecule has 1 saturated heterocycles. The Kier molecular flexibility index (Phi) is 6.97. The van der Waals surface area contributed by atoms with Gasteiger partial charge in [-0.25, -0.2) is 0 Å². The van der Waals surface area contributed by atoms with Gasteiger partial charge < -0.3 is 15.0 Å². The zero-order chi connectivity index (χ0) is 12.1. The monoisotopic (exact) mass is 276 g/mol. The van der Waals surface area contributed by atoms with E-state index in [9.17, 15) is 4.79 Å². The third-order valence-electron chi connectivity index (χ3n) is 3.92. The van der Waals surface area contributed by atoms with E-state index in [-0.39, 0.29) is 24.4 Å². The van der Waals surface area contributed by atoms with Crippen LogP contribution < -0.4 is 5.32 Å². The highest BCUT2D eigenvalue weighted by molar-refractivity contribution is 5.85. The fraction of sp³-hybridized carbons (Fsp3) is 0.923. The first kappa shape index (κ1) is 15.7. The van der Waals surface area contributed by atoms with Gasteiger partial charge in [-0.05, 0) is 12.8 Å². The Hall–Kier alpha value is -0.320. The molecular formula is C13H25ClN2O2. The molecule has 4 nitrogen and oxygen atoms in total. The van der Waals surface area contributed by atoms with Crippen molar-refractivity contribution < 1.29 is 9.53 Å². The van der Waals surface area contributed by atoms with Crippen LogP contribution in [0.5, 0.6) is 0 Å². The van der Waals surface area contributed by atoms with Crippen LogP contribution in [-0.2, 0) is 9.53 Å². The summed E-state index contributed by atoms with van der Waals surface area (Å²) in [6, 6.07) is 0.466. The van der Waals surface area contributed by atoms with Crippen molar-refractivity contribution in [3.8, 4) is 0 Å². The van der Waals surface area contributed by atoms with E-state index < -0.39 is 0 Å². The van der Waals surface area contributed by atoms with E-state index in [0.29, 0.717) is 12.5 Å². The third-order valence-corrected chi connectivity index (χ3v) is 3.92. The zero-order valence-corrected chi connectivity index (χ0v) is 12.0. The Balaban J connectivity index is 0.00000162. The quantitative estimate of drug-likeness (QED) is 0.851. The topological polar surface area (TPSA) is 41.6 Å². The van der Waals surface area contributed by atoms with Crippen LogP contribution in [-0.4, -0.2) is 49.7 Å². The normalized spacial score (nSPS) is 25.3. The second kappa shape index (κ2) is 7.97. The van der Waals surface area contributed by atoms with Gasteiger partial charge in [-0.1, -0.05) is 19.3 Å². The van der Waals surface area contributed by atoms with Gasteiger partial charge in [-0.2, -0.15) is 0 Å². The average Bonchev–Trinajstić information content (AvgIpc) is 2.40. The summed E-state index contributed by atoms with van der Waals surface area (Å²) in [6.07, 6.45) is 6.81. The van der Waals surface area contributed by atoms with E-state index >= 15 is 0 Å². The van der Waals surface area contributed by atoms with Crippen LogP contribution >= 0.6 is 12.4 Å². The lowest BCUT2D eigenvalue weighted by molar-refractivity contribution is -0.136. The maximum atomic E-state index is 12.1. The summed E-state index contributed by atoms with van der Waals surface area (Å²) in [5, 5.41) is 3.26. The first-order valence-electron chi connectivity index (χ1n) is 6.85. The molecule has 2 fully saturated rings. The lowest BCUT2D eigenvalue weighted by Gasteiger charge is -2.33. The molecule has 2 aliphatic rings. The smallest absolute Gasteiger partial charge is 0.225 e. The van der Waals surface area contributed by atoms with Gasteiger partial charge in [0.1, 0.15) is 0 Å². The molecular weight excluding hydrogens is 252 g/mol. The Morgan fingerprint density at radius 2 is 2.06 bits per heavy atom. The van der Waals surface area contributed by atoms with Gasteiger partial charge in [0, 0.05) is 26.2 Å². The van der Waals surface area contributed by atoms with Gasteiger partial charge in [0.2, 0.25) is 5.91 Å². The van der Waals surface area contributed by atoms with E-state index in [2.05, 4.69) is 5.32 Å². The average molecular weight is 277 g/mol. The SMILES string of the molecule is CN(C(=O)CC1CNCCO1)C1CCCCC1.Cl. The van der Waals surface area contributed by atoms with Crippen molar-refractivity contribution in [2.45, 2.75) is 50.7 Å². The molecule has 0 spiro atoms. The molecule has 106 valence electrons. The summed E-state index contributed by atoms with van der Waals surface area (Å²) in [7, 11) is 1.95. The predicted molar refractivity (Wildman–Crippen MR) is 74.1 cm³/mol. The largest absolute Gasteiger partial charge is 0.375 e. The van der Waals surface area contributed by atoms with Crippen molar-refractivity contribution in [3.63, 3.8) is 0 Å².